The molecule has 2 aromatic rings. The summed E-state index contributed by atoms with van der Waals surface area (Å²) in [5.74, 6) is 0.480. The molecular weight excluding hydrogens is 376 g/mol. The number of carbonyl (C=O) groups excluding carboxylic acids is 1. The number of nitrogens with one attached hydrogen (secondary N) is 1. The Hall–Kier alpha value is -2.54. The lowest BCUT2D eigenvalue weighted by molar-refractivity contribution is -0.121. The van der Waals surface area contributed by atoms with Gasteiger partial charge < -0.3 is 10.1 Å². The highest BCUT2D eigenvalue weighted by Crippen LogP contribution is 2.21. The Kier molecular flexibility index (Phi) is 7.45. The predicted octanol–water partition coefficient (Wildman–Crippen LogP) is 2.91. The van der Waals surface area contributed by atoms with E-state index in [1.807, 2.05) is 43.3 Å². The number of amides is 1. The van der Waals surface area contributed by atoms with E-state index in [9.17, 15) is 13.2 Å². The van der Waals surface area contributed by atoms with Crippen LogP contribution in [0, 0.1) is 6.92 Å². The van der Waals surface area contributed by atoms with E-state index in [4.69, 9.17) is 4.74 Å². The number of ether oxygens (including phenoxy) is 1. The molecule has 1 N–H and O–H groups in total. The number of methoxy groups -OCH3 is 1. The van der Waals surface area contributed by atoms with Gasteiger partial charge in [-0.3, -0.25) is 9.10 Å². The Morgan fingerprint density at radius 2 is 1.86 bits per heavy atom. The second-order valence-corrected chi connectivity index (χ2v) is 8.68. The van der Waals surface area contributed by atoms with Gasteiger partial charge in [0.2, 0.25) is 15.9 Å². The van der Waals surface area contributed by atoms with Crippen LogP contribution in [0.2, 0.25) is 0 Å². The number of carbonyl (C=O) groups is 1. The van der Waals surface area contributed by atoms with Crippen LogP contribution in [0.1, 0.15) is 24.5 Å². The maximum Gasteiger partial charge on any atom is 0.243 e. The molecule has 0 aliphatic heterocycles. The minimum atomic E-state index is -3.60. The Morgan fingerprint density at radius 1 is 1.18 bits per heavy atom. The van der Waals surface area contributed by atoms with E-state index in [-0.39, 0.29) is 5.91 Å². The van der Waals surface area contributed by atoms with Gasteiger partial charge in [-0.05, 0) is 56.5 Å². The molecule has 0 bridgehead atoms. The quantitative estimate of drug-likeness (QED) is 0.652. The second-order valence-electron chi connectivity index (χ2n) is 6.82. The van der Waals surface area contributed by atoms with E-state index < -0.39 is 16.1 Å². The van der Waals surface area contributed by atoms with Crippen molar-refractivity contribution in [1.82, 2.24) is 5.32 Å². The number of hydrogen-bond acceptors (Lipinski definition) is 4. The van der Waals surface area contributed by atoms with Crippen molar-refractivity contribution in [3.05, 3.63) is 59.7 Å². The molecule has 0 radical (unpaired) electrons. The third kappa shape index (κ3) is 5.99. The first-order valence-electron chi connectivity index (χ1n) is 9.19. The van der Waals surface area contributed by atoms with Gasteiger partial charge >= 0.3 is 0 Å². The summed E-state index contributed by atoms with van der Waals surface area (Å²) in [6.45, 7) is 3.98. The third-order valence-corrected chi connectivity index (χ3v) is 5.69. The Morgan fingerprint density at radius 3 is 2.46 bits per heavy atom. The number of benzene rings is 2. The summed E-state index contributed by atoms with van der Waals surface area (Å²) >= 11 is 0. The van der Waals surface area contributed by atoms with Crippen LogP contribution in [-0.2, 0) is 21.2 Å². The summed E-state index contributed by atoms with van der Waals surface area (Å²) < 4.78 is 30.9. The predicted molar refractivity (Wildman–Crippen MR) is 112 cm³/mol. The van der Waals surface area contributed by atoms with Gasteiger partial charge in [0.1, 0.15) is 11.8 Å². The van der Waals surface area contributed by atoms with Crippen LogP contribution in [0.5, 0.6) is 5.75 Å². The van der Waals surface area contributed by atoms with Crippen molar-refractivity contribution in [1.29, 1.82) is 0 Å². The maximum atomic E-state index is 12.5. The first-order chi connectivity index (χ1) is 13.2. The standard InChI is InChI=1S/C21H28N2O4S/c1-16-10-12-19(13-11-16)23(28(4,25)26)17(2)21(24)22-14-6-8-18-7-5-9-20(15-18)27-3/h5,7,9-13,15,17H,6,8,14H2,1-4H3,(H,22,24). The highest BCUT2D eigenvalue weighted by atomic mass is 32.2. The second kappa shape index (κ2) is 9.59. The summed E-state index contributed by atoms with van der Waals surface area (Å²) in [7, 11) is -1.97. The van der Waals surface area contributed by atoms with Crippen LogP contribution in [0.3, 0.4) is 0 Å². The summed E-state index contributed by atoms with van der Waals surface area (Å²) in [4.78, 5) is 12.5. The molecule has 7 heteroatoms. The lowest BCUT2D eigenvalue weighted by Gasteiger charge is -2.28. The smallest absolute Gasteiger partial charge is 0.243 e. The van der Waals surface area contributed by atoms with Crippen LogP contribution >= 0.6 is 0 Å². The summed E-state index contributed by atoms with van der Waals surface area (Å²) in [6.07, 6.45) is 2.65. The molecule has 6 nitrogen and oxygen atoms in total. The summed E-state index contributed by atoms with van der Waals surface area (Å²) in [5.41, 5.74) is 2.62. The van der Waals surface area contributed by atoms with E-state index >= 15 is 0 Å². The van der Waals surface area contributed by atoms with Crippen molar-refractivity contribution in [2.24, 2.45) is 0 Å². The molecule has 152 valence electrons. The first-order valence-corrected chi connectivity index (χ1v) is 11.0. The van der Waals surface area contributed by atoms with E-state index in [1.54, 1.807) is 26.2 Å². The minimum absolute atomic E-state index is 0.323. The highest BCUT2D eigenvalue weighted by Gasteiger charge is 2.28. The average Bonchev–Trinajstić information content (AvgIpc) is 2.65. The summed E-state index contributed by atoms with van der Waals surface area (Å²) in [5, 5.41) is 2.84. The Bertz CT molecular complexity index is 895. The molecule has 0 fully saturated rings. The van der Waals surface area contributed by atoms with Crippen LogP contribution in [0.25, 0.3) is 0 Å². The zero-order valence-electron chi connectivity index (χ0n) is 16.8. The number of hydrogen-bond donors (Lipinski definition) is 1. The monoisotopic (exact) mass is 404 g/mol. The molecule has 0 saturated carbocycles. The molecule has 1 unspecified atom stereocenters. The summed E-state index contributed by atoms with van der Waals surface area (Å²) in [6, 6.07) is 14.0. The van der Waals surface area contributed by atoms with E-state index in [0.717, 1.165) is 40.3 Å². The highest BCUT2D eigenvalue weighted by molar-refractivity contribution is 7.92. The molecule has 1 amide bonds. The SMILES string of the molecule is COc1cccc(CCCNC(=O)C(C)N(c2ccc(C)cc2)S(C)(=O)=O)c1. The van der Waals surface area contributed by atoms with E-state index in [1.165, 1.54) is 0 Å². The lowest BCUT2D eigenvalue weighted by Crippen LogP contribution is -2.48. The lowest BCUT2D eigenvalue weighted by atomic mass is 10.1. The minimum Gasteiger partial charge on any atom is -0.497 e. The van der Waals surface area contributed by atoms with Gasteiger partial charge in [0.05, 0.1) is 19.1 Å². The van der Waals surface area contributed by atoms with Crippen molar-refractivity contribution in [3.8, 4) is 5.75 Å². The van der Waals surface area contributed by atoms with Crippen molar-refractivity contribution in [3.63, 3.8) is 0 Å². The topological polar surface area (TPSA) is 75.7 Å². The zero-order chi connectivity index (χ0) is 20.7. The fourth-order valence-corrected chi connectivity index (χ4v) is 4.16. The van der Waals surface area contributed by atoms with Crippen LogP contribution in [0.4, 0.5) is 5.69 Å². The molecule has 0 aromatic heterocycles. The molecule has 0 saturated heterocycles. The molecule has 0 heterocycles. The number of sulfonamides is 1. The number of nitrogens with zero attached hydrogens (tertiary/aromatic N) is 1. The van der Waals surface area contributed by atoms with E-state index in [2.05, 4.69) is 5.32 Å². The fraction of sp³-hybridized carbons (Fsp3) is 0.381. The first kappa shape index (κ1) is 21.8. The fourth-order valence-electron chi connectivity index (χ4n) is 2.98. The molecular formula is C21H28N2O4S. The van der Waals surface area contributed by atoms with Gasteiger partial charge in [0.15, 0.2) is 0 Å². The van der Waals surface area contributed by atoms with E-state index in [0.29, 0.717) is 12.2 Å². The van der Waals surface area contributed by atoms with Gasteiger partial charge in [-0.2, -0.15) is 0 Å². The number of aryl methyl sites for hydroxylation is 2. The Balaban J connectivity index is 1.96. The average molecular weight is 405 g/mol. The normalized spacial score (nSPS) is 12.3. The number of rotatable bonds is 9. The largest absolute Gasteiger partial charge is 0.497 e. The Labute approximate surface area is 167 Å². The van der Waals surface area contributed by atoms with Crippen molar-refractivity contribution < 1.29 is 17.9 Å². The van der Waals surface area contributed by atoms with Crippen LogP contribution < -0.4 is 14.4 Å². The third-order valence-electron chi connectivity index (χ3n) is 4.45. The number of anilines is 1. The van der Waals surface area contributed by atoms with Gasteiger partial charge in [0.25, 0.3) is 0 Å². The molecule has 0 aliphatic rings. The molecule has 2 rings (SSSR count). The van der Waals surface area contributed by atoms with Gasteiger partial charge in [-0.25, -0.2) is 8.42 Å². The van der Waals surface area contributed by atoms with Gasteiger partial charge in [-0.15, -0.1) is 0 Å². The van der Waals surface area contributed by atoms with Crippen molar-refractivity contribution in [2.75, 3.05) is 24.2 Å². The molecule has 28 heavy (non-hydrogen) atoms. The van der Waals surface area contributed by atoms with Crippen molar-refractivity contribution >= 4 is 21.6 Å². The van der Waals surface area contributed by atoms with Crippen molar-refractivity contribution in [2.45, 2.75) is 32.7 Å². The van der Waals surface area contributed by atoms with Crippen LogP contribution in [0.15, 0.2) is 48.5 Å². The molecule has 0 aliphatic carbocycles. The maximum absolute atomic E-state index is 12.5. The van der Waals surface area contributed by atoms with Gasteiger partial charge in [-0.1, -0.05) is 29.8 Å². The molecule has 2 aromatic carbocycles. The zero-order valence-corrected chi connectivity index (χ0v) is 17.6. The van der Waals surface area contributed by atoms with Crippen LogP contribution in [-0.4, -0.2) is 40.3 Å². The molecule has 1 atom stereocenters. The molecule has 0 spiro atoms. The van der Waals surface area contributed by atoms with Gasteiger partial charge in [0, 0.05) is 6.54 Å².